The summed E-state index contributed by atoms with van der Waals surface area (Å²) in [5.74, 6) is 0.172. The molecule has 0 radical (unpaired) electrons. The van der Waals surface area contributed by atoms with Gasteiger partial charge in [0.1, 0.15) is 5.82 Å². The zero-order valence-electron chi connectivity index (χ0n) is 20.1. The molecule has 184 valence electrons. The van der Waals surface area contributed by atoms with E-state index in [1.807, 2.05) is 36.6 Å². The fourth-order valence-corrected chi connectivity index (χ4v) is 6.02. The third-order valence-corrected chi connectivity index (χ3v) is 8.66. The van der Waals surface area contributed by atoms with Crippen molar-refractivity contribution in [3.63, 3.8) is 0 Å². The second-order valence-electron chi connectivity index (χ2n) is 10.00. The molecule has 0 saturated carbocycles. The monoisotopic (exact) mass is 505 g/mol. The molecule has 0 N–H and O–H groups in total. The van der Waals surface area contributed by atoms with Crippen LogP contribution in [0, 0.1) is 11.2 Å². The summed E-state index contributed by atoms with van der Waals surface area (Å²) in [4.78, 5) is 33.3. The third kappa shape index (κ3) is 5.16. The van der Waals surface area contributed by atoms with Crippen LogP contribution in [-0.4, -0.2) is 71.2 Å². The second-order valence-corrected chi connectivity index (χ2v) is 11.3. The third-order valence-electron chi connectivity index (χ3n) is 7.00. The normalized spacial score (nSPS) is 21.4. The predicted molar refractivity (Wildman–Crippen MR) is 135 cm³/mol. The lowest BCUT2D eigenvalue weighted by atomic mass is 9.92. The van der Waals surface area contributed by atoms with E-state index in [2.05, 4.69) is 16.3 Å². The highest BCUT2D eigenvalue weighted by Gasteiger charge is 2.37. The van der Waals surface area contributed by atoms with Crippen LogP contribution in [0.5, 0.6) is 0 Å². The Hall–Kier alpha value is -1.96. The Balaban J connectivity index is 1.40. The number of carbonyl (C=O) groups is 2. The summed E-state index contributed by atoms with van der Waals surface area (Å²) in [6.07, 6.45) is 1.35. The summed E-state index contributed by atoms with van der Waals surface area (Å²) in [7, 11) is 0. The number of nitrogens with zero attached hydrogens (tertiary/aromatic N) is 3. The van der Waals surface area contributed by atoms with Gasteiger partial charge in [0.25, 0.3) is 0 Å². The number of rotatable bonds is 6. The molecule has 2 aliphatic rings. The van der Waals surface area contributed by atoms with E-state index < -0.39 is 5.41 Å². The SMILES string of the molecule is C[C@H]1CN(C(=O)CCN2CCc3sccc3[C@H]2c2cccc(F)c2)CCN1C(=O)C(C)(C)CCl. The minimum Gasteiger partial charge on any atom is -0.339 e. The molecule has 2 aromatic rings. The number of piperazine rings is 1. The summed E-state index contributed by atoms with van der Waals surface area (Å²) in [6.45, 7) is 8.76. The van der Waals surface area contributed by atoms with Crippen molar-refractivity contribution in [2.45, 2.75) is 45.7 Å². The number of halogens is 2. The van der Waals surface area contributed by atoms with E-state index in [9.17, 15) is 14.0 Å². The lowest BCUT2D eigenvalue weighted by Gasteiger charge is -2.43. The van der Waals surface area contributed by atoms with Crippen molar-refractivity contribution in [2.24, 2.45) is 5.41 Å². The zero-order valence-corrected chi connectivity index (χ0v) is 21.7. The molecule has 3 heterocycles. The summed E-state index contributed by atoms with van der Waals surface area (Å²) in [5, 5.41) is 2.10. The quantitative estimate of drug-likeness (QED) is 0.541. The molecule has 8 heteroatoms. The van der Waals surface area contributed by atoms with Crippen LogP contribution in [0.1, 0.15) is 49.2 Å². The number of hydrogen-bond donors (Lipinski definition) is 0. The second kappa shape index (κ2) is 10.3. The largest absolute Gasteiger partial charge is 0.339 e. The molecule has 2 atom stereocenters. The minimum atomic E-state index is -0.608. The predicted octanol–water partition coefficient (Wildman–Crippen LogP) is 4.55. The average molecular weight is 506 g/mol. The van der Waals surface area contributed by atoms with Crippen LogP contribution in [0.4, 0.5) is 4.39 Å². The Morgan fingerprint density at radius 3 is 2.71 bits per heavy atom. The van der Waals surface area contributed by atoms with Gasteiger partial charge in [-0.15, -0.1) is 22.9 Å². The average Bonchev–Trinajstić information content (AvgIpc) is 3.30. The highest BCUT2D eigenvalue weighted by atomic mass is 35.5. The highest BCUT2D eigenvalue weighted by molar-refractivity contribution is 7.10. The lowest BCUT2D eigenvalue weighted by Crippen LogP contribution is -2.58. The van der Waals surface area contributed by atoms with Crippen molar-refractivity contribution in [3.05, 3.63) is 57.5 Å². The van der Waals surface area contributed by atoms with Gasteiger partial charge in [0, 0.05) is 55.9 Å². The molecule has 0 spiro atoms. The van der Waals surface area contributed by atoms with Crippen LogP contribution < -0.4 is 0 Å². The molecule has 1 saturated heterocycles. The number of benzene rings is 1. The molecule has 0 aliphatic carbocycles. The van der Waals surface area contributed by atoms with E-state index in [1.54, 1.807) is 23.5 Å². The Morgan fingerprint density at radius 1 is 1.21 bits per heavy atom. The first kappa shape index (κ1) is 25.1. The molecule has 2 aliphatic heterocycles. The summed E-state index contributed by atoms with van der Waals surface area (Å²) in [6, 6.07) is 8.84. The molecule has 1 aromatic heterocycles. The fraction of sp³-hybridized carbons (Fsp3) is 0.538. The highest BCUT2D eigenvalue weighted by Crippen LogP contribution is 2.38. The van der Waals surface area contributed by atoms with Gasteiger partial charge in [-0.25, -0.2) is 4.39 Å². The van der Waals surface area contributed by atoms with Crippen molar-refractivity contribution < 1.29 is 14.0 Å². The van der Waals surface area contributed by atoms with Crippen LogP contribution in [0.3, 0.4) is 0 Å². The van der Waals surface area contributed by atoms with Gasteiger partial charge in [-0.2, -0.15) is 0 Å². The van der Waals surface area contributed by atoms with E-state index >= 15 is 0 Å². The Morgan fingerprint density at radius 2 is 2.00 bits per heavy atom. The van der Waals surface area contributed by atoms with E-state index in [0.29, 0.717) is 32.6 Å². The molecule has 1 fully saturated rings. The van der Waals surface area contributed by atoms with Gasteiger partial charge < -0.3 is 9.80 Å². The number of thiophene rings is 1. The molecule has 5 nitrogen and oxygen atoms in total. The minimum absolute atomic E-state index is 0.0373. The zero-order chi connectivity index (χ0) is 24.5. The van der Waals surface area contributed by atoms with E-state index in [4.69, 9.17) is 11.6 Å². The number of amides is 2. The van der Waals surface area contributed by atoms with E-state index in [0.717, 1.165) is 18.5 Å². The van der Waals surface area contributed by atoms with Gasteiger partial charge >= 0.3 is 0 Å². The van der Waals surface area contributed by atoms with Gasteiger partial charge in [0.05, 0.1) is 11.5 Å². The molecule has 4 rings (SSSR count). The van der Waals surface area contributed by atoms with Gasteiger partial charge in [0.2, 0.25) is 11.8 Å². The molecule has 0 unspecified atom stereocenters. The first-order chi connectivity index (χ1) is 16.2. The van der Waals surface area contributed by atoms with E-state index in [-0.39, 0.29) is 35.6 Å². The van der Waals surface area contributed by atoms with Crippen molar-refractivity contribution in [1.82, 2.24) is 14.7 Å². The van der Waals surface area contributed by atoms with Gasteiger partial charge in [0.15, 0.2) is 0 Å². The molecular weight excluding hydrogens is 473 g/mol. The maximum absolute atomic E-state index is 14.0. The van der Waals surface area contributed by atoms with Crippen LogP contribution in [-0.2, 0) is 16.0 Å². The maximum atomic E-state index is 14.0. The van der Waals surface area contributed by atoms with Crippen molar-refractivity contribution in [1.29, 1.82) is 0 Å². The van der Waals surface area contributed by atoms with Crippen LogP contribution in [0.2, 0.25) is 0 Å². The van der Waals surface area contributed by atoms with Crippen molar-refractivity contribution in [2.75, 3.05) is 38.6 Å². The lowest BCUT2D eigenvalue weighted by molar-refractivity contribution is -0.148. The summed E-state index contributed by atoms with van der Waals surface area (Å²) >= 11 is 7.75. The summed E-state index contributed by atoms with van der Waals surface area (Å²) < 4.78 is 14.0. The molecular formula is C26H33ClFN3O2S. The van der Waals surface area contributed by atoms with Crippen LogP contribution in [0.15, 0.2) is 35.7 Å². The number of alkyl halides is 1. The summed E-state index contributed by atoms with van der Waals surface area (Å²) in [5.41, 5.74) is 1.54. The molecule has 1 aromatic carbocycles. The Labute approximate surface area is 210 Å². The smallest absolute Gasteiger partial charge is 0.229 e. The maximum Gasteiger partial charge on any atom is 0.229 e. The Kier molecular flexibility index (Phi) is 7.65. The van der Waals surface area contributed by atoms with Crippen molar-refractivity contribution in [3.8, 4) is 0 Å². The fourth-order valence-electron chi connectivity index (χ4n) is 5.01. The van der Waals surface area contributed by atoms with Crippen LogP contribution >= 0.6 is 22.9 Å². The van der Waals surface area contributed by atoms with Crippen LogP contribution in [0.25, 0.3) is 0 Å². The molecule has 34 heavy (non-hydrogen) atoms. The first-order valence-electron chi connectivity index (χ1n) is 11.9. The topological polar surface area (TPSA) is 43.9 Å². The van der Waals surface area contributed by atoms with E-state index in [1.165, 1.54) is 16.5 Å². The Bertz CT molecular complexity index is 1040. The number of carbonyl (C=O) groups excluding carboxylic acids is 2. The van der Waals surface area contributed by atoms with Crippen molar-refractivity contribution >= 4 is 34.8 Å². The molecule has 0 bridgehead atoms. The van der Waals surface area contributed by atoms with Gasteiger partial charge in [-0.3, -0.25) is 14.5 Å². The van der Waals surface area contributed by atoms with Gasteiger partial charge in [-0.05, 0) is 61.9 Å². The number of hydrogen-bond acceptors (Lipinski definition) is 4. The number of fused-ring (bicyclic) bond motifs is 1. The standard InChI is InChI=1S/C26H33ClFN3O2S/c1-18-16-30(12-13-31(18)25(33)26(2,3)17-27)23(32)8-11-29-10-7-22-21(9-14-34-22)24(29)19-5-4-6-20(28)15-19/h4-6,9,14-15,18,24H,7-8,10-13,16-17H2,1-3H3/t18-,24+/m0/s1. The first-order valence-corrected chi connectivity index (χ1v) is 13.3. The van der Waals surface area contributed by atoms with Gasteiger partial charge in [-0.1, -0.05) is 12.1 Å². The molecule has 2 amide bonds.